The van der Waals surface area contributed by atoms with Crippen molar-refractivity contribution >= 4 is 38.2 Å². The fourth-order valence-corrected chi connectivity index (χ4v) is 5.28. The average Bonchev–Trinajstić information content (AvgIpc) is 2.86. The fraction of sp³-hybridized carbons (Fsp3) is 0.517. The van der Waals surface area contributed by atoms with E-state index in [1.165, 1.54) is 6.26 Å². The third kappa shape index (κ3) is 5.90. The van der Waals surface area contributed by atoms with Crippen LogP contribution in [0.4, 0.5) is 11.6 Å². The topological polar surface area (TPSA) is 141 Å². The Morgan fingerprint density at radius 3 is 2.52 bits per heavy atom. The van der Waals surface area contributed by atoms with Crippen LogP contribution in [0.15, 0.2) is 30.6 Å². The Hall–Kier alpha value is -3.31. The number of nitrogens with one attached hydrogen (secondary N) is 1. The molecule has 3 aromatic heterocycles. The summed E-state index contributed by atoms with van der Waals surface area (Å²) in [5.74, 6) is 0.790. The third-order valence-corrected chi connectivity index (χ3v) is 9.58. The highest BCUT2D eigenvalue weighted by molar-refractivity contribution is 7.91. The summed E-state index contributed by atoms with van der Waals surface area (Å²) in [5, 5.41) is 15.1. The number of anilines is 2. The molecule has 0 fully saturated rings. The molecule has 11 heteroatoms. The standard InChI is InChI=1S/C29H38N4O6S/c1-9-29(7,35)22-15-31-26(38-16(2)12-17(3)40(8,36)37)21-14-30-24(13-20(21)22)32-23-11-10-19-25(33-23)18(4)28(5,6)39-27(19)34/h10-11,13-18,35H,9,12H2,1-8H3,(H,30,32,33)/t16-,17-,18-,29+/m1/s1. The Bertz CT molecular complexity index is 1550. The molecule has 0 aromatic carbocycles. The van der Waals surface area contributed by atoms with E-state index in [0.29, 0.717) is 58.0 Å². The first-order valence-corrected chi connectivity index (χ1v) is 15.4. The molecule has 4 atom stereocenters. The number of fused-ring (bicyclic) bond motifs is 2. The van der Waals surface area contributed by atoms with Crippen LogP contribution in [0.3, 0.4) is 0 Å². The zero-order chi connectivity index (χ0) is 29.6. The number of cyclic esters (lactones) is 1. The number of carbonyl (C=O) groups excluding carboxylic acids is 1. The summed E-state index contributed by atoms with van der Waals surface area (Å²) in [7, 11) is -3.20. The van der Waals surface area contributed by atoms with Gasteiger partial charge >= 0.3 is 5.97 Å². The van der Waals surface area contributed by atoms with Crippen molar-refractivity contribution in [2.75, 3.05) is 11.6 Å². The molecule has 4 heterocycles. The molecule has 0 radical (unpaired) electrons. The molecule has 0 amide bonds. The molecular weight excluding hydrogens is 532 g/mol. The van der Waals surface area contributed by atoms with Crippen LogP contribution in [-0.2, 0) is 20.2 Å². The minimum absolute atomic E-state index is 0.115. The molecule has 10 nitrogen and oxygen atoms in total. The average molecular weight is 571 g/mol. The van der Waals surface area contributed by atoms with Crippen LogP contribution in [0.1, 0.15) is 88.8 Å². The molecule has 1 aliphatic rings. The van der Waals surface area contributed by atoms with E-state index in [1.807, 2.05) is 27.7 Å². The minimum Gasteiger partial charge on any atom is -0.474 e. The lowest BCUT2D eigenvalue weighted by Gasteiger charge is -2.36. The summed E-state index contributed by atoms with van der Waals surface area (Å²) in [6, 6.07) is 5.20. The van der Waals surface area contributed by atoms with E-state index in [2.05, 4.69) is 15.3 Å². The summed E-state index contributed by atoms with van der Waals surface area (Å²) in [5.41, 5.74) is -0.144. The smallest absolute Gasteiger partial charge is 0.340 e. The summed E-state index contributed by atoms with van der Waals surface area (Å²) < 4.78 is 35.5. The first-order valence-electron chi connectivity index (χ1n) is 13.4. The molecular formula is C29H38N4O6S. The van der Waals surface area contributed by atoms with E-state index in [1.54, 1.807) is 51.4 Å². The number of sulfone groups is 1. The Labute approximate surface area is 235 Å². The molecule has 0 saturated carbocycles. The molecule has 0 spiro atoms. The first-order chi connectivity index (χ1) is 18.5. The number of pyridine rings is 3. The lowest BCUT2D eigenvalue weighted by Crippen LogP contribution is -2.39. The Kier molecular flexibility index (Phi) is 7.85. The van der Waals surface area contributed by atoms with Gasteiger partial charge in [0, 0.05) is 36.6 Å². The van der Waals surface area contributed by atoms with Crippen molar-refractivity contribution < 1.29 is 27.8 Å². The van der Waals surface area contributed by atoms with Crippen molar-refractivity contribution in [3.8, 4) is 5.88 Å². The summed E-state index contributed by atoms with van der Waals surface area (Å²) >= 11 is 0. The Morgan fingerprint density at radius 1 is 1.18 bits per heavy atom. The normalized spacial score (nSPS) is 19.7. The zero-order valence-corrected chi connectivity index (χ0v) is 25.1. The van der Waals surface area contributed by atoms with Crippen molar-refractivity contribution in [3.63, 3.8) is 0 Å². The van der Waals surface area contributed by atoms with Crippen molar-refractivity contribution in [1.82, 2.24) is 15.0 Å². The molecule has 216 valence electrons. The Balaban J connectivity index is 1.71. The molecule has 0 saturated heterocycles. The van der Waals surface area contributed by atoms with Gasteiger partial charge < -0.3 is 19.9 Å². The second-order valence-corrected chi connectivity index (χ2v) is 14.0. The lowest BCUT2D eigenvalue weighted by molar-refractivity contribution is -0.0189. The second kappa shape index (κ2) is 10.6. The van der Waals surface area contributed by atoms with Crippen LogP contribution in [0.25, 0.3) is 10.8 Å². The van der Waals surface area contributed by atoms with Gasteiger partial charge in [-0.15, -0.1) is 0 Å². The molecule has 4 rings (SSSR count). The van der Waals surface area contributed by atoms with Gasteiger partial charge in [0.2, 0.25) is 5.88 Å². The van der Waals surface area contributed by atoms with Gasteiger partial charge in [-0.3, -0.25) is 0 Å². The van der Waals surface area contributed by atoms with Crippen molar-refractivity contribution in [1.29, 1.82) is 0 Å². The minimum atomic E-state index is -3.20. The van der Waals surface area contributed by atoms with Crippen LogP contribution in [0.5, 0.6) is 5.88 Å². The highest BCUT2D eigenvalue weighted by atomic mass is 32.2. The Morgan fingerprint density at radius 2 is 1.88 bits per heavy atom. The molecule has 0 bridgehead atoms. The quantitative estimate of drug-likeness (QED) is 0.337. The van der Waals surface area contributed by atoms with Gasteiger partial charge in [0.05, 0.1) is 33.6 Å². The van der Waals surface area contributed by atoms with Gasteiger partial charge in [0.1, 0.15) is 27.1 Å². The van der Waals surface area contributed by atoms with Gasteiger partial charge in [-0.2, -0.15) is 0 Å². The maximum absolute atomic E-state index is 12.5. The fourth-order valence-electron chi connectivity index (χ4n) is 4.66. The number of esters is 1. The number of ether oxygens (including phenoxy) is 2. The summed E-state index contributed by atoms with van der Waals surface area (Å²) in [6.07, 6.45) is 4.74. The van der Waals surface area contributed by atoms with E-state index in [9.17, 15) is 18.3 Å². The van der Waals surface area contributed by atoms with E-state index >= 15 is 0 Å². The molecule has 2 N–H and O–H groups in total. The maximum atomic E-state index is 12.5. The number of nitrogens with zero attached hydrogens (tertiary/aromatic N) is 3. The molecule has 3 aromatic rings. The van der Waals surface area contributed by atoms with E-state index in [0.717, 1.165) is 0 Å². The van der Waals surface area contributed by atoms with Crippen molar-refractivity contribution in [3.05, 3.63) is 47.4 Å². The van der Waals surface area contributed by atoms with Crippen LogP contribution < -0.4 is 10.1 Å². The van der Waals surface area contributed by atoms with Crippen LogP contribution in [0, 0.1) is 0 Å². The van der Waals surface area contributed by atoms with Crippen LogP contribution in [-0.4, -0.2) is 57.7 Å². The van der Waals surface area contributed by atoms with E-state index < -0.39 is 38.4 Å². The number of hydrogen-bond acceptors (Lipinski definition) is 10. The van der Waals surface area contributed by atoms with Gasteiger partial charge in [-0.1, -0.05) is 13.8 Å². The molecule has 0 unspecified atom stereocenters. The summed E-state index contributed by atoms with van der Waals surface area (Å²) in [4.78, 5) is 26.2. The van der Waals surface area contributed by atoms with Gasteiger partial charge in [-0.25, -0.2) is 28.2 Å². The monoisotopic (exact) mass is 570 g/mol. The number of hydrogen-bond donors (Lipinski definition) is 2. The number of carbonyl (C=O) groups is 1. The zero-order valence-electron chi connectivity index (χ0n) is 24.3. The van der Waals surface area contributed by atoms with Crippen molar-refractivity contribution in [2.45, 2.75) is 89.8 Å². The largest absolute Gasteiger partial charge is 0.474 e. The second-order valence-electron chi connectivity index (χ2n) is 11.5. The maximum Gasteiger partial charge on any atom is 0.340 e. The molecule has 1 aliphatic heterocycles. The summed E-state index contributed by atoms with van der Waals surface area (Å²) in [6.45, 7) is 12.8. The predicted molar refractivity (Wildman–Crippen MR) is 154 cm³/mol. The highest BCUT2D eigenvalue weighted by Crippen LogP contribution is 2.39. The van der Waals surface area contributed by atoms with Crippen LogP contribution in [0.2, 0.25) is 0 Å². The van der Waals surface area contributed by atoms with Crippen molar-refractivity contribution in [2.24, 2.45) is 0 Å². The number of rotatable bonds is 9. The van der Waals surface area contributed by atoms with E-state index in [4.69, 9.17) is 14.5 Å². The predicted octanol–water partition coefficient (Wildman–Crippen LogP) is 5.03. The third-order valence-electron chi connectivity index (χ3n) is 7.92. The van der Waals surface area contributed by atoms with E-state index in [-0.39, 0.29) is 5.92 Å². The number of aliphatic hydroxyl groups is 1. The molecule has 0 aliphatic carbocycles. The van der Waals surface area contributed by atoms with Gasteiger partial charge in [0.15, 0.2) is 0 Å². The molecule has 40 heavy (non-hydrogen) atoms. The SMILES string of the molecule is CC[C@](C)(O)c1cnc(O[C@H](C)C[C@@H](C)S(C)(=O)=O)c2cnc(Nc3ccc4c(n3)[C@@H](C)C(C)(C)OC4=O)cc12. The first kappa shape index (κ1) is 29.7. The lowest BCUT2D eigenvalue weighted by atomic mass is 9.84. The highest BCUT2D eigenvalue weighted by Gasteiger charge is 2.40. The van der Waals surface area contributed by atoms with Gasteiger partial charge in [0.25, 0.3) is 0 Å². The number of aromatic nitrogens is 3. The van der Waals surface area contributed by atoms with Gasteiger partial charge in [-0.05, 0) is 64.6 Å². The van der Waals surface area contributed by atoms with Crippen LogP contribution >= 0.6 is 0 Å².